The van der Waals surface area contributed by atoms with E-state index in [-0.39, 0.29) is 10.9 Å². The lowest BCUT2D eigenvalue weighted by atomic mass is 9.99. The SMILES string of the molecule is Cn1c(N)nc2cc(-c3cnc4[nH]cc(C(=O)c5c(F)ccc(NS(=O)(=O)c6cccc(F)c6)c5F)c4c3)ccc21. The van der Waals surface area contributed by atoms with Crippen molar-refractivity contribution in [2.24, 2.45) is 7.05 Å². The molecule has 9 nitrogen and oxygen atoms in total. The predicted octanol–water partition coefficient (Wildman–Crippen LogP) is 5.15. The molecule has 0 radical (unpaired) electrons. The van der Waals surface area contributed by atoms with Crippen molar-refractivity contribution in [2.45, 2.75) is 4.90 Å². The smallest absolute Gasteiger partial charge is 0.262 e. The van der Waals surface area contributed by atoms with Gasteiger partial charge in [0, 0.05) is 36.0 Å². The number of fused-ring (bicyclic) bond motifs is 2. The number of nitrogens with two attached hydrogens (primary N) is 1. The van der Waals surface area contributed by atoms with Gasteiger partial charge in [0.2, 0.25) is 11.7 Å². The first-order valence-corrected chi connectivity index (χ1v) is 13.5. The summed E-state index contributed by atoms with van der Waals surface area (Å²) in [5.41, 5.74) is 7.25. The first kappa shape index (κ1) is 26.1. The molecular weight excluding hydrogens is 557 g/mol. The van der Waals surface area contributed by atoms with E-state index >= 15 is 4.39 Å². The largest absolute Gasteiger partial charge is 0.369 e. The number of pyridine rings is 1. The normalized spacial score (nSPS) is 11.8. The van der Waals surface area contributed by atoms with Crippen LogP contribution in [0, 0.1) is 17.5 Å². The highest BCUT2D eigenvalue weighted by atomic mass is 32.2. The van der Waals surface area contributed by atoms with Gasteiger partial charge in [0.15, 0.2) is 5.82 Å². The van der Waals surface area contributed by atoms with Crippen LogP contribution >= 0.6 is 0 Å². The highest BCUT2D eigenvalue weighted by molar-refractivity contribution is 7.92. The summed E-state index contributed by atoms with van der Waals surface area (Å²) < 4.78 is 73.1. The van der Waals surface area contributed by atoms with E-state index in [0.717, 1.165) is 41.4 Å². The molecule has 0 aliphatic carbocycles. The minimum atomic E-state index is -4.45. The highest BCUT2D eigenvalue weighted by Crippen LogP contribution is 2.31. The number of nitrogens with zero attached hydrogens (tertiary/aromatic N) is 3. The van der Waals surface area contributed by atoms with Gasteiger partial charge in [0.25, 0.3) is 10.0 Å². The average Bonchev–Trinajstić information content (AvgIpc) is 3.49. The number of sulfonamides is 1. The van der Waals surface area contributed by atoms with Gasteiger partial charge in [-0.05, 0) is 54.1 Å². The number of H-pyrrole nitrogens is 1. The number of anilines is 2. The van der Waals surface area contributed by atoms with Gasteiger partial charge in [-0.1, -0.05) is 12.1 Å². The second-order valence-electron chi connectivity index (χ2n) is 9.23. The van der Waals surface area contributed by atoms with Gasteiger partial charge in [-0.15, -0.1) is 0 Å². The molecule has 6 aromatic rings. The molecule has 0 fully saturated rings. The van der Waals surface area contributed by atoms with Gasteiger partial charge in [0.1, 0.15) is 17.3 Å². The minimum Gasteiger partial charge on any atom is -0.369 e. The molecule has 13 heteroatoms. The number of halogens is 3. The summed E-state index contributed by atoms with van der Waals surface area (Å²) in [5.74, 6) is -4.14. The number of aromatic amines is 1. The second-order valence-corrected chi connectivity index (χ2v) is 10.9. The maximum absolute atomic E-state index is 15.5. The van der Waals surface area contributed by atoms with Crippen LogP contribution in [0.2, 0.25) is 0 Å². The van der Waals surface area contributed by atoms with E-state index in [1.807, 2.05) is 16.9 Å². The molecule has 0 saturated heterocycles. The molecule has 3 aromatic heterocycles. The van der Waals surface area contributed by atoms with Crippen LogP contribution < -0.4 is 10.5 Å². The van der Waals surface area contributed by atoms with Crippen molar-refractivity contribution >= 4 is 49.5 Å². The fourth-order valence-electron chi connectivity index (χ4n) is 4.56. The van der Waals surface area contributed by atoms with Crippen molar-refractivity contribution in [3.8, 4) is 11.1 Å². The van der Waals surface area contributed by atoms with Gasteiger partial charge in [-0.25, -0.2) is 31.6 Å². The molecule has 4 N–H and O–H groups in total. The number of hydrogen-bond donors (Lipinski definition) is 3. The lowest BCUT2D eigenvalue weighted by Gasteiger charge is -2.12. The number of nitrogen functional groups attached to an aromatic ring is 1. The summed E-state index contributed by atoms with van der Waals surface area (Å²) in [4.78, 5) is 24.5. The summed E-state index contributed by atoms with van der Waals surface area (Å²) in [6, 6.07) is 12.8. The van der Waals surface area contributed by atoms with Crippen LogP contribution in [0.15, 0.2) is 78.0 Å². The Morgan fingerprint density at radius 3 is 2.61 bits per heavy atom. The maximum Gasteiger partial charge on any atom is 0.262 e. The summed E-state index contributed by atoms with van der Waals surface area (Å²) >= 11 is 0. The number of hydrogen-bond acceptors (Lipinski definition) is 6. The van der Waals surface area contributed by atoms with Crippen molar-refractivity contribution in [1.82, 2.24) is 19.5 Å². The molecule has 206 valence electrons. The third kappa shape index (κ3) is 4.45. The summed E-state index contributed by atoms with van der Waals surface area (Å²) in [6.45, 7) is 0. The van der Waals surface area contributed by atoms with Crippen LogP contribution in [0.1, 0.15) is 15.9 Å². The molecule has 0 amide bonds. The van der Waals surface area contributed by atoms with Gasteiger partial charge < -0.3 is 15.3 Å². The molecule has 0 atom stereocenters. The Balaban J connectivity index is 1.39. The van der Waals surface area contributed by atoms with E-state index in [1.54, 1.807) is 29.9 Å². The molecule has 0 unspecified atom stereocenters. The maximum atomic E-state index is 15.5. The molecule has 0 spiro atoms. The van der Waals surface area contributed by atoms with Gasteiger partial charge in [0.05, 0.1) is 27.2 Å². The molecular formula is C28H19F3N6O3S. The van der Waals surface area contributed by atoms with E-state index in [9.17, 15) is 22.0 Å². The first-order chi connectivity index (χ1) is 19.5. The Labute approximate surface area is 230 Å². The fourth-order valence-corrected chi connectivity index (χ4v) is 5.65. The molecule has 3 heterocycles. The fraction of sp³-hybridized carbons (Fsp3) is 0.0357. The molecule has 6 rings (SSSR count). The number of carbonyl (C=O) groups excluding carboxylic acids is 1. The van der Waals surface area contributed by atoms with Crippen LogP contribution in [0.4, 0.5) is 24.8 Å². The van der Waals surface area contributed by atoms with Gasteiger partial charge in [-0.2, -0.15) is 0 Å². The first-order valence-electron chi connectivity index (χ1n) is 12.0. The Morgan fingerprint density at radius 2 is 1.83 bits per heavy atom. The number of imidazole rings is 1. The summed E-state index contributed by atoms with van der Waals surface area (Å²) in [6.07, 6.45) is 2.85. The standard InChI is InChI=1S/C28H19F3N6O3S/c1-37-23-8-5-14(10-22(23)35-28(37)32)15-9-18-19(13-34-27(18)33-12-15)26(38)24-20(30)6-7-21(25(24)31)36-41(39,40)17-4-2-3-16(29)11-17/h2-13,36H,1H3,(H2,32,35)(H,33,34). The van der Waals surface area contributed by atoms with E-state index in [1.165, 1.54) is 12.3 Å². The molecule has 0 saturated carbocycles. The van der Waals surface area contributed by atoms with Crippen molar-refractivity contribution in [3.05, 3.63) is 102 Å². The second kappa shape index (κ2) is 9.48. The number of benzene rings is 3. The number of ketones is 1. The van der Waals surface area contributed by atoms with Gasteiger partial charge >= 0.3 is 0 Å². The Hall–Kier alpha value is -5.17. The molecule has 41 heavy (non-hydrogen) atoms. The average molecular weight is 577 g/mol. The van der Waals surface area contributed by atoms with Crippen LogP contribution in [-0.4, -0.2) is 33.7 Å². The topological polar surface area (TPSA) is 136 Å². The summed E-state index contributed by atoms with van der Waals surface area (Å²) in [7, 11) is -2.66. The third-order valence-electron chi connectivity index (χ3n) is 6.69. The lowest BCUT2D eigenvalue weighted by molar-refractivity contribution is 0.103. The molecule has 0 aliphatic rings. The van der Waals surface area contributed by atoms with E-state index < -0.39 is 49.4 Å². The van der Waals surface area contributed by atoms with Crippen LogP contribution in [0.5, 0.6) is 0 Å². The van der Waals surface area contributed by atoms with E-state index in [4.69, 9.17) is 5.73 Å². The Kier molecular flexibility index (Phi) is 6.03. The zero-order valence-corrected chi connectivity index (χ0v) is 21.9. The highest BCUT2D eigenvalue weighted by Gasteiger charge is 2.27. The summed E-state index contributed by atoms with van der Waals surface area (Å²) in [5, 5.41) is 0.290. The zero-order valence-electron chi connectivity index (χ0n) is 21.1. The van der Waals surface area contributed by atoms with Crippen molar-refractivity contribution in [1.29, 1.82) is 0 Å². The third-order valence-corrected chi connectivity index (χ3v) is 8.06. The monoisotopic (exact) mass is 576 g/mol. The van der Waals surface area contributed by atoms with E-state index in [0.29, 0.717) is 22.7 Å². The van der Waals surface area contributed by atoms with Crippen molar-refractivity contribution in [3.63, 3.8) is 0 Å². The minimum absolute atomic E-state index is 0.0829. The van der Waals surface area contributed by atoms with Crippen LogP contribution in [0.3, 0.4) is 0 Å². The number of rotatable bonds is 6. The number of carbonyl (C=O) groups is 1. The van der Waals surface area contributed by atoms with E-state index in [2.05, 4.69) is 15.0 Å². The number of aryl methyl sites for hydroxylation is 1. The Morgan fingerprint density at radius 1 is 1.02 bits per heavy atom. The van der Waals surface area contributed by atoms with Crippen molar-refractivity contribution in [2.75, 3.05) is 10.5 Å². The molecule has 0 aliphatic heterocycles. The Bertz CT molecular complexity index is 2140. The number of nitrogens with one attached hydrogen (secondary N) is 2. The molecule has 3 aromatic carbocycles. The van der Waals surface area contributed by atoms with Crippen LogP contribution in [-0.2, 0) is 17.1 Å². The van der Waals surface area contributed by atoms with Crippen molar-refractivity contribution < 1.29 is 26.4 Å². The zero-order chi connectivity index (χ0) is 29.1. The van der Waals surface area contributed by atoms with Gasteiger partial charge in [-0.3, -0.25) is 9.52 Å². The lowest BCUT2D eigenvalue weighted by Crippen LogP contribution is -2.16. The predicted molar refractivity (Wildman–Crippen MR) is 147 cm³/mol. The number of aromatic nitrogens is 4. The van der Waals surface area contributed by atoms with Crippen LogP contribution in [0.25, 0.3) is 33.2 Å². The molecule has 0 bridgehead atoms. The quantitative estimate of drug-likeness (QED) is 0.235.